The smallest absolute Gasteiger partial charge is 0.243 e. The Bertz CT molecular complexity index is 390. The van der Waals surface area contributed by atoms with Crippen LogP contribution in [0.3, 0.4) is 0 Å². The van der Waals surface area contributed by atoms with Crippen molar-refractivity contribution >= 4 is 5.91 Å². The zero-order valence-electron chi connectivity index (χ0n) is 8.86. The average molecular weight is 205 g/mol. The minimum atomic E-state index is -0.108. The first-order chi connectivity index (χ1) is 7.18. The molecule has 0 aliphatic heterocycles. The molecule has 1 saturated carbocycles. The zero-order valence-corrected chi connectivity index (χ0v) is 8.86. The first-order valence-electron chi connectivity index (χ1n) is 5.07. The lowest BCUT2D eigenvalue weighted by atomic mass is 10.0. The minimum absolute atomic E-state index is 0.108. The van der Waals surface area contributed by atoms with Gasteiger partial charge in [-0.2, -0.15) is 5.10 Å². The molecule has 4 heteroatoms. The lowest BCUT2D eigenvalue weighted by Gasteiger charge is -2.15. The van der Waals surface area contributed by atoms with Crippen LogP contribution in [0.25, 0.3) is 0 Å². The molecule has 80 valence electrons. The summed E-state index contributed by atoms with van der Waals surface area (Å²) in [6.45, 7) is 4.11. The molecule has 1 fully saturated rings. The van der Waals surface area contributed by atoms with Gasteiger partial charge in [0.2, 0.25) is 5.91 Å². The fourth-order valence-electron chi connectivity index (χ4n) is 1.90. The van der Waals surface area contributed by atoms with Crippen molar-refractivity contribution < 1.29 is 4.79 Å². The van der Waals surface area contributed by atoms with Gasteiger partial charge in [-0.1, -0.05) is 6.58 Å². The van der Waals surface area contributed by atoms with Gasteiger partial charge in [0.1, 0.15) is 0 Å². The molecule has 1 amide bonds. The number of amides is 1. The number of nitrogens with zero attached hydrogens (tertiary/aromatic N) is 2. The van der Waals surface area contributed by atoms with Crippen molar-refractivity contribution in [1.82, 2.24) is 15.1 Å². The Morgan fingerprint density at radius 1 is 1.80 bits per heavy atom. The predicted molar refractivity (Wildman–Crippen MR) is 57.3 cm³/mol. The van der Waals surface area contributed by atoms with Crippen LogP contribution in [0, 0.1) is 0 Å². The highest BCUT2D eigenvalue weighted by Crippen LogP contribution is 2.47. The van der Waals surface area contributed by atoms with Crippen molar-refractivity contribution in [2.45, 2.75) is 18.3 Å². The van der Waals surface area contributed by atoms with E-state index in [1.165, 1.54) is 11.8 Å². The van der Waals surface area contributed by atoms with Gasteiger partial charge < -0.3 is 5.32 Å². The van der Waals surface area contributed by atoms with Crippen molar-refractivity contribution in [3.8, 4) is 0 Å². The normalized spacial score (nSPS) is 17.1. The monoisotopic (exact) mass is 205 g/mol. The number of rotatable bonds is 4. The third kappa shape index (κ3) is 1.79. The van der Waals surface area contributed by atoms with E-state index in [2.05, 4.69) is 17.0 Å². The number of hydrogen-bond acceptors (Lipinski definition) is 2. The molecule has 2 rings (SSSR count). The standard InChI is InChI=1S/C11H15N3O/c1-3-10(15)12-8-11(5-6-11)9-4-7-13-14(9)2/h3-4,7H,1,5-6,8H2,2H3,(H,12,15). The molecule has 1 aliphatic carbocycles. The Hall–Kier alpha value is -1.58. The minimum Gasteiger partial charge on any atom is -0.352 e. The SMILES string of the molecule is C=CC(=O)NCC1(c2ccnn2C)CC1. The topological polar surface area (TPSA) is 46.9 Å². The largest absolute Gasteiger partial charge is 0.352 e. The van der Waals surface area contributed by atoms with Crippen LogP contribution in [0.15, 0.2) is 24.9 Å². The zero-order chi connectivity index (χ0) is 10.9. The molecule has 1 aromatic heterocycles. The van der Waals surface area contributed by atoms with Gasteiger partial charge in [-0.25, -0.2) is 0 Å². The Balaban J connectivity index is 2.05. The summed E-state index contributed by atoms with van der Waals surface area (Å²) in [6, 6.07) is 2.02. The van der Waals surface area contributed by atoms with Gasteiger partial charge in [0.15, 0.2) is 0 Å². The number of nitrogens with one attached hydrogen (secondary N) is 1. The third-order valence-electron chi connectivity index (χ3n) is 3.00. The van der Waals surface area contributed by atoms with Crippen LogP contribution >= 0.6 is 0 Å². The van der Waals surface area contributed by atoms with Crippen LogP contribution in [0.5, 0.6) is 0 Å². The first kappa shape index (κ1) is 9.96. The Morgan fingerprint density at radius 3 is 3.00 bits per heavy atom. The fraction of sp³-hybridized carbons (Fsp3) is 0.455. The van der Waals surface area contributed by atoms with E-state index in [0.717, 1.165) is 12.8 Å². The molecule has 0 radical (unpaired) electrons. The summed E-state index contributed by atoms with van der Waals surface area (Å²) in [6.07, 6.45) is 5.33. The summed E-state index contributed by atoms with van der Waals surface area (Å²) in [5.41, 5.74) is 1.32. The molecular formula is C11H15N3O. The second kappa shape index (κ2) is 3.53. The lowest BCUT2D eigenvalue weighted by molar-refractivity contribution is -0.116. The molecule has 0 aromatic carbocycles. The maximum Gasteiger partial charge on any atom is 0.243 e. The van der Waals surface area contributed by atoms with Gasteiger partial charge in [0.25, 0.3) is 0 Å². The Morgan fingerprint density at radius 2 is 2.53 bits per heavy atom. The van der Waals surface area contributed by atoms with Crippen molar-refractivity contribution in [3.63, 3.8) is 0 Å². The molecule has 1 N–H and O–H groups in total. The quantitative estimate of drug-likeness (QED) is 0.737. The van der Waals surface area contributed by atoms with E-state index in [1.807, 2.05) is 17.8 Å². The van der Waals surface area contributed by atoms with Crippen LogP contribution < -0.4 is 5.32 Å². The highest BCUT2D eigenvalue weighted by molar-refractivity contribution is 5.86. The summed E-state index contributed by atoms with van der Waals surface area (Å²) >= 11 is 0. The highest BCUT2D eigenvalue weighted by atomic mass is 16.1. The van der Waals surface area contributed by atoms with E-state index >= 15 is 0 Å². The second-order valence-corrected chi connectivity index (χ2v) is 4.04. The molecule has 0 spiro atoms. The third-order valence-corrected chi connectivity index (χ3v) is 3.00. The molecule has 4 nitrogen and oxygen atoms in total. The maximum atomic E-state index is 11.1. The van der Waals surface area contributed by atoms with Crippen LogP contribution in [-0.2, 0) is 17.3 Å². The van der Waals surface area contributed by atoms with E-state index in [-0.39, 0.29) is 11.3 Å². The van der Waals surface area contributed by atoms with E-state index < -0.39 is 0 Å². The molecular weight excluding hydrogens is 190 g/mol. The van der Waals surface area contributed by atoms with E-state index in [1.54, 1.807) is 6.20 Å². The molecule has 1 aliphatic rings. The maximum absolute atomic E-state index is 11.1. The molecule has 0 atom stereocenters. The van der Waals surface area contributed by atoms with Crippen LogP contribution in [0.1, 0.15) is 18.5 Å². The van der Waals surface area contributed by atoms with Crippen molar-refractivity contribution in [1.29, 1.82) is 0 Å². The first-order valence-corrected chi connectivity index (χ1v) is 5.07. The van der Waals surface area contributed by atoms with Crippen molar-refractivity contribution in [2.75, 3.05) is 6.54 Å². The Kier molecular flexibility index (Phi) is 2.34. The van der Waals surface area contributed by atoms with Crippen LogP contribution in [-0.4, -0.2) is 22.2 Å². The van der Waals surface area contributed by atoms with Crippen molar-refractivity contribution in [3.05, 3.63) is 30.6 Å². The summed E-state index contributed by atoms with van der Waals surface area (Å²) < 4.78 is 1.88. The average Bonchev–Trinajstić information content (AvgIpc) is 2.91. The van der Waals surface area contributed by atoms with Gasteiger partial charge in [0.05, 0.1) is 0 Å². The number of aromatic nitrogens is 2. The van der Waals surface area contributed by atoms with Gasteiger partial charge in [-0.3, -0.25) is 9.48 Å². The van der Waals surface area contributed by atoms with Gasteiger partial charge in [0, 0.05) is 30.9 Å². The molecule has 15 heavy (non-hydrogen) atoms. The molecule has 0 saturated heterocycles. The summed E-state index contributed by atoms with van der Waals surface area (Å²) in [5, 5.41) is 7.01. The number of carbonyl (C=O) groups excluding carboxylic acids is 1. The van der Waals surface area contributed by atoms with E-state index in [0.29, 0.717) is 6.54 Å². The van der Waals surface area contributed by atoms with Gasteiger partial charge >= 0.3 is 0 Å². The summed E-state index contributed by atoms with van der Waals surface area (Å²) in [7, 11) is 1.94. The fourth-order valence-corrected chi connectivity index (χ4v) is 1.90. The van der Waals surface area contributed by atoms with Crippen molar-refractivity contribution in [2.24, 2.45) is 7.05 Å². The second-order valence-electron chi connectivity index (χ2n) is 4.04. The highest BCUT2D eigenvalue weighted by Gasteiger charge is 2.46. The van der Waals surface area contributed by atoms with E-state index in [4.69, 9.17) is 0 Å². The van der Waals surface area contributed by atoms with Crippen LogP contribution in [0.4, 0.5) is 0 Å². The number of carbonyl (C=O) groups is 1. The number of hydrogen-bond donors (Lipinski definition) is 1. The summed E-state index contributed by atoms with van der Waals surface area (Å²) in [5.74, 6) is -0.108. The molecule has 0 bridgehead atoms. The van der Waals surface area contributed by atoms with Crippen LogP contribution in [0.2, 0.25) is 0 Å². The summed E-state index contributed by atoms with van der Waals surface area (Å²) in [4.78, 5) is 11.1. The lowest BCUT2D eigenvalue weighted by Crippen LogP contribution is -2.32. The van der Waals surface area contributed by atoms with E-state index in [9.17, 15) is 4.79 Å². The molecule has 0 unspecified atom stereocenters. The Labute approximate surface area is 89.0 Å². The van der Waals surface area contributed by atoms with Gasteiger partial charge in [-0.05, 0) is 25.0 Å². The molecule has 1 aromatic rings. The molecule has 1 heterocycles. The van der Waals surface area contributed by atoms with Gasteiger partial charge in [-0.15, -0.1) is 0 Å². The number of aryl methyl sites for hydroxylation is 1. The predicted octanol–water partition coefficient (Wildman–Crippen LogP) is 0.754.